The van der Waals surface area contributed by atoms with Gasteiger partial charge in [-0.25, -0.2) is 0 Å². The predicted molar refractivity (Wildman–Crippen MR) is 64.4 cm³/mol. The van der Waals surface area contributed by atoms with Gasteiger partial charge in [0.15, 0.2) is 0 Å². The van der Waals surface area contributed by atoms with Gasteiger partial charge in [-0.2, -0.15) is 5.21 Å². The highest BCUT2D eigenvalue weighted by molar-refractivity contribution is 5.74. The van der Waals surface area contributed by atoms with Crippen LogP contribution in [0, 0.1) is 0 Å². The third-order valence-corrected chi connectivity index (χ3v) is 2.63. The number of nitrogens with one attached hydrogen (secondary N) is 1. The van der Waals surface area contributed by atoms with Crippen molar-refractivity contribution < 1.29 is 15.0 Å². The monoisotopic (exact) mass is 263 g/mol. The van der Waals surface area contributed by atoms with E-state index in [2.05, 4.69) is 20.6 Å². The number of aliphatic hydroxyl groups is 2. The average Bonchev–Trinajstić information content (AvgIpc) is 2.91. The summed E-state index contributed by atoms with van der Waals surface area (Å²) in [6, 6.07) is 6.59. The van der Waals surface area contributed by atoms with Gasteiger partial charge in [0, 0.05) is 5.56 Å². The molecule has 0 bridgehead atoms. The molecule has 1 heterocycles. The molecule has 0 aliphatic carbocycles. The second-order valence-corrected chi connectivity index (χ2v) is 4.04. The molecule has 8 nitrogen and oxygen atoms in total. The first-order valence-corrected chi connectivity index (χ1v) is 5.56. The fourth-order valence-corrected chi connectivity index (χ4v) is 1.65. The van der Waals surface area contributed by atoms with E-state index < -0.39 is 18.1 Å². The average molecular weight is 263 g/mol. The lowest BCUT2D eigenvalue weighted by Gasteiger charge is -2.16. The lowest BCUT2D eigenvalue weighted by atomic mass is 10.0. The fraction of sp³-hybridized carbons (Fsp3) is 0.273. The Bertz CT molecular complexity index is 540. The van der Waals surface area contributed by atoms with E-state index in [9.17, 15) is 15.0 Å². The minimum Gasteiger partial charge on any atom is -0.390 e. The lowest BCUT2D eigenvalue weighted by Crippen LogP contribution is -2.25. The van der Waals surface area contributed by atoms with Gasteiger partial charge in [-0.3, -0.25) is 4.79 Å². The maximum atomic E-state index is 10.7. The largest absolute Gasteiger partial charge is 0.390 e. The summed E-state index contributed by atoms with van der Waals surface area (Å²) in [5, 5.41) is 32.9. The van der Waals surface area contributed by atoms with Crippen molar-refractivity contribution in [3.8, 4) is 11.4 Å². The summed E-state index contributed by atoms with van der Waals surface area (Å²) in [6.45, 7) is 0. The number of benzene rings is 1. The first-order valence-electron chi connectivity index (χ1n) is 5.56. The molecule has 5 N–H and O–H groups in total. The molecule has 0 radical (unpaired) electrons. The summed E-state index contributed by atoms with van der Waals surface area (Å²) in [6.07, 6.45) is -2.70. The van der Waals surface area contributed by atoms with Crippen LogP contribution >= 0.6 is 0 Å². The number of primary amides is 1. The van der Waals surface area contributed by atoms with E-state index in [1.54, 1.807) is 24.3 Å². The number of carbonyl (C=O) groups excluding carboxylic acids is 1. The van der Waals surface area contributed by atoms with E-state index in [-0.39, 0.29) is 6.42 Å². The number of amides is 1. The molecule has 2 unspecified atom stereocenters. The Morgan fingerprint density at radius 2 is 2.00 bits per heavy atom. The van der Waals surface area contributed by atoms with Crippen molar-refractivity contribution in [3.05, 3.63) is 29.8 Å². The third kappa shape index (κ3) is 3.12. The van der Waals surface area contributed by atoms with Crippen LogP contribution in [0.5, 0.6) is 0 Å². The summed E-state index contributed by atoms with van der Waals surface area (Å²) >= 11 is 0. The van der Waals surface area contributed by atoms with Crippen LogP contribution in [0.25, 0.3) is 11.4 Å². The van der Waals surface area contributed by atoms with Crippen molar-refractivity contribution in [3.63, 3.8) is 0 Å². The summed E-state index contributed by atoms with van der Waals surface area (Å²) in [7, 11) is 0. The second-order valence-electron chi connectivity index (χ2n) is 4.04. The number of H-pyrrole nitrogens is 1. The van der Waals surface area contributed by atoms with Crippen LogP contribution in [-0.2, 0) is 4.79 Å². The van der Waals surface area contributed by atoms with E-state index in [4.69, 9.17) is 5.73 Å². The molecule has 0 aliphatic rings. The number of carbonyl (C=O) groups is 1. The molecule has 2 atom stereocenters. The van der Waals surface area contributed by atoms with Crippen molar-refractivity contribution in [1.82, 2.24) is 20.6 Å². The van der Waals surface area contributed by atoms with E-state index in [1.807, 2.05) is 0 Å². The van der Waals surface area contributed by atoms with Crippen molar-refractivity contribution in [2.75, 3.05) is 0 Å². The van der Waals surface area contributed by atoms with Crippen LogP contribution in [0.3, 0.4) is 0 Å². The Hall–Kier alpha value is -2.32. The minimum absolute atomic E-state index is 0.298. The molecular formula is C11H13N5O3. The van der Waals surface area contributed by atoms with Crippen molar-refractivity contribution in [2.45, 2.75) is 18.6 Å². The van der Waals surface area contributed by atoms with Crippen LogP contribution in [0.15, 0.2) is 24.3 Å². The van der Waals surface area contributed by atoms with Gasteiger partial charge in [0.05, 0.1) is 12.5 Å². The van der Waals surface area contributed by atoms with Crippen LogP contribution in [-0.4, -0.2) is 42.8 Å². The van der Waals surface area contributed by atoms with E-state index >= 15 is 0 Å². The lowest BCUT2D eigenvalue weighted by molar-refractivity contribution is -0.121. The van der Waals surface area contributed by atoms with Gasteiger partial charge in [0.25, 0.3) is 0 Å². The number of aliphatic hydroxyl groups excluding tert-OH is 2. The normalized spacial score (nSPS) is 14.0. The Morgan fingerprint density at radius 1 is 1.32 bits per heavy atom. The zero-order chi connectivity index (χ0) is 13.8. The number of rotatable bonds is 5. The summed E-state index contributed by atoms with van der Waals surface area (Å²) < 4.78 is 0. The fourth-order valence-electron chi connectivity index (χ4n) is 1.65. The number of nitrogens with two attached hydrogens (primary N) is 1. The van der Waals surface area contributed by atoms with Crippen molar-refractivity contribution >= 4 is 5.91 Å². The second kappa shape index (κ2) is 5.55. The molecule has 100 valence electrons. The number of hydrogen-bond acceptors (Lipinski definition) is 6. The maximum absolute atomic E-state index is 10.7. The van der Waals surface area contributed by atoms with Gasteiger partial charge < -0.3 is 15.9 Å². The van der Waals surface area contributed by atoms with E-state index in [1.165, 1.54) is 0 Å². The van der Waals surface area contributed by atoms with Gasteiger partial charge in [0.1, 0.15) is 6.10 Å². The quantitative estimate of drug-likeness (QED) is 0.553. The molecule has 0 fully saturated rings. The minimum atomic E-state index is -1.23. The highest BCUT2D eigenvalue weighted by Crippen LogP contribution is 2.21. The zero-order valence-corrected chi connectivity index (χ0v) is 9.89. The predicted octanol–water partition coefficient (Wildman–Crippen LogP) is -0.864. The summed E-state index contributed by atoms with van der Waals surface area (Å²) in [4.78, 5) is 10.7. The molecule has 0 aliphatic heterocycles. The Balaban J connectivity index is 2.12. The smallest absolute Gasteiger partial charge is 0.220 e. The van der Waals surface area contributed by atoms with Gasteiger partial charge in [-0.15, -0.1) is 10.2 Å². The highest BCUT2D eigenvalue weighted by atomic mass is 16.3. The molecule has 0 saturated carbocycles. The molecule has 2 rings (SSSR count). The van der Waals surface area contributed by atoms with Crippen LogP contribution < -0.4 is 5.73 Å². The molecule has 8 heteroatoms. The maximum Gasteiger partial charge on any atom is 0.220 e. The highest BCUT2D eigenvalue weighted by Gasteiger charge is 2.20. The van der Waals surface area contributed by atoms with Gasteiger partial charge >= 0.3 is 0 Å². The van der Waals surface area contributed by atoms with Gasteiger partial charge in [0.2, 0.25) is 11.7 Å². The molecule has 0 spiro atoms. The van der Waals surface area contributed by atoms with E-state index in [0.29, 0.717) is 17.0 Å². The first-order chi connectivity index (χ1) is 9.08. The Kier molecular flexibility index (Phi) is 3.83. The van der Waals surface area contributed by atoms with Crippen LogP contribution in [0.2, 0.25) is 0 Å². The number of hydrogen-bond donors (Lipinski definition) is 4. The molecule has 0 saturated heterocycles. The van der Waals surface area contributed by atoms with Crippen LogP contribution in [0.1, 0.15) is 18.1 Å². The molecule has 2 aromatic rings. The molecule has 1 aromatic carbocycles. The number of aromatic nitrogens is 4. The standard InChI is InChI=1S/C11H13N5O3/c12-9(18)5-8(17)10(19)6-1-3-7(4-2-6)11-13-15-16-14-11/h1-4,8,10,17,19H,5H2,(H2,12,18)(H,13,14,15,16). The molecule has 1 aromatic heterocycles. The zero-order valence-electron chi connectivity index (χ0n) is 9.89. The first kappa shape index (κ1) is 13.1. The molecule has 1 amide bonds. The number of nitrogens with zero attached hydrogens (tertiary/aromatic N) is 3. The summed E-state index contributed by atoms with van der Waals surface area (Å²) in [5.41, 5.74) is 6.15. The topological polar surface area (TPSA) is 138 Å². The number of aromatic amines is 1. The van der Waals surface area contributed by atoms with E-state index in [0.717, 1.165) is 0 Å². The summed E-state index contributed by atoms with van der Waals surface area (Å²) in [5.74, 6) is -0.242. The van der Waals surface area contributed by atoms with Gasteiger partial charge in [-0.05, 0) is 10.8 Å². The van der Waals surface area contributed by atoms with Crippen molar-refractivity contribution in [1.29, 1.82) is 0 Å². The SMILES string of the molecule is NC(=O)CC(O)C(O)c1ccc(-c2nn[nH]n2)cc1. The molecular weight excluding hydrogens is 250 g/mol. The molecule has 19 heavy (non-hydrogen) atoms. The van der Waals surface area contributed by atoms with Gasteiger partial charge in [-0.1, -0.05) is 24.3 Å². The number of tetrazole rings is 1. The van der Waals surface area contributed by atoms with Crippen molar-refractivity contribution in [2.24, 2.45) is 5.73 Å². The Labute approximate surface area is 108 Å². The Morgan fingerprint density at radius 3 is 2.53 bits per heavy atom. The van der Waals surface area contributed by atoms with Crippen LogP contribution in [0.4, 0.5) is 0 Å². The third-order valence-electron chi connectivity index (χ3n) is 2.63.